The van der Waals surface area contributed by atoms with Crippen molar-refractivity contribution in [1.29, 1.82) is 0 Å². The highest BCUT2D eigenvalue weighted by atomic mass is 35.5. The van der Waals surface area contributed by atoms with Crippen molar-refractivity contribution in [2.24, 2.45) is 5.10 Å². The minimum Gasteiger partial charge on any atom is -0.342 e. The van der Waals surface area contributed by atoms with Crippen LogP contribution < -0.4 is 5.43 Å². The fraction of sp³-hybridized carbons (Fsp3) is 0.0435. The smallest absolute Gasteiger partial charge is 0.271 e. The van der Waals surface area contributed by atoms with E-state index in [1.54, 1.807) is 18.3 Å². The van der Waals surface area contributed by atoms with Crippen molar-refractivity contribution < 1.29 is 4.79 Å². The van der Waals surface area contributed by atoms with Gasteiger partial charge in [-0.25, -0.2) is 5.43 Å². The van der Waals surface area contributed by atoms with Crippen LogP contribution in [0.5, 0.6) is 0 Å². The van der Waals surface area contributed by atoms with Crippen LogP contribution >= 0.6 is 23.2 Å². The van der Waals surface area contributed by atoms with Crippen molar-refractivity contribution in [2.75, 3.05) is 0 Å². The summed E-state index contributed by atoms with van der Waals surface area (Å²) in [6, 6.07) is 23.1. The first-order chi connectivity index (χ1) is 14.1. The molecule has 6 heteroatoms. The van der Waals surface area contributed by atoms with Crippen LogP contribution in [0.2, 0.25) is 10.0 Å². The van der Waals surface area contributed by atoms with Gasteiger partial charge in [0.1, 0.15) is 0 Å². The van der Waals surface area contributed by atoms with Crippen LogP contribution in [0.4, 0.5) is 0 Å². The molecular formula is C23H17Cl2N3O. The second-order valence-electron chi connectivity index (χ2n) is 6.54. The summed E-state index contributed by atoms with van der Waals surface area (Å²) in [4.78, 5) is 12.3. The number of nitrogens with one attached hydrogen (secondary N) is 1. The van der Waals surface area contributed by atoms with Crippen LogP contribution in [-0.2, 0) is 6.54 Å². The fourth-order valence-electron chi connectivity index (χ4n) is 3.15. The van der Waals surface area contributed by atoms with Gasteiger partial charge in [-0.3, -0.25) is 4.79 Å². The first-order valence-electron chi connectivity index (χ1n) is 9.02. The fourth-order valence-corrected chi connectivity index (χ4v) is 3.45. The van der Waals surface area contributed by atoms with E-state index < -0.39 is 0 Å². The number of fused-ring (bicyclic) bond motifs is 1. The number of hydrazone groups is 1. The van der Waals surface area contributed by atoms with Gasteiger partial charge in [0, 0.05) is 34.8 Å². The van der Waals surface area contributed by atoms with Crippen LogP contribution in [-0.4, -0.2) is 16.7 Å². The number of aromatic nitrogens is 1. The lowest BCUT2D eigenvalue weighted by Crippen LogP contribution is -2.17. The molecule has 1 aromatic heterocycles. The van der Waals surface area contributed by atoms with E-state index in [0.717, 1.165) is 23.0 Å². The van der Waals surface area contributed by atoms with Gasteiger partial charge in [-0.1, -0.05) is 71.7 Å². The summed E-state index contributed by atoms with van der Waals surface area (Å²) in [5, 5.41) is 5.92. The molecule has 0 bridgehead atoms. The molecule has 0 unspecified atom stereocenters. The van der Waals surface area contributed by atoms with Crippen molar-refractivity contribution in [1.82, 2.24) is 9.99 Å². The highest BCUT2D eigenvalue weighted by Gasteiger charge is 2.09. The normalized spacial score (nSPS) is 11.2. The van der Waals surface area contributed by atoms with E-state index in [-0.39, 0.29) is 5.91 Å². The Labute approximate surface area is 178 Å². The van der Waals surface area contributed by atoms with Crippen molar-refractivity contribution in [3.8, 4) is 0 Å². The maximum atomic E-state index is 12.3. The monoisotopic (exact) mass is 421 g/mol. The number of para-hydroxylation sites is 1. The molecule has 4 rings (SSSR count). The second kappa shape index (κ2) is 8.52. The molecule has 1 N–H and O–H groups in total. The quantitative estimate of drug-likeness (QED) is 0.323. The van der Waals surface area contributed by atoms with Crippen molar-refractivity contribution in [3.05, 3.63) is 106 Å². The Hall–Kier alpha value is -3.08. The molecule has 4 aromatic rings. The molecule has 0 saturated heterocycles. The van der Waals surface area contributed by atoms with Crippen LogP contribution in [0.3, 0.4) is 0 Å². The summed E-state index contributed by atoms with van der Waals surface area (Å²) in [6.45, 7) is 0.755. The predicted octanol–water partition coefficient (Wildman–Crippen LogP) is 5.76. The topological polar surface area (TPSA) is 46.4 Å². The van der Waals surface area contributed by atoms with Crippen molar-refractivity contribution in [2.45, 2.75) is 6.54 Å². The third-order valence-corrected chi connectivity index (χ3v) is 5.31. The summed E-state index contributed by atoms with van der Waals surface area (Å²) >= 11 is 11.9. The zero-order valence-corrected chi connectivity index (χ0v) is 16.9. The number of hydrogen-bond acceptors (Lipinski definition) is 2. The molecule has 3 aromatic carbocycles. The van der Waals surface area contributed by atoms with Crippen LogP contribution in [0.1, 0.15) is 21.5 Å². The molecule has 0 radical (unpaired) electrons. The lowest BCUT2D eigenvalue weighted by Gasteiger charge is -2.05. The number of hydrogen-bond donors (Lipinski definition) is 1. The van der Waals surface area contributed by atoms with Gasteiger partial charge in [0.25, 0.3) is 5.91 Å². The first kappa shape index (κ1) is 19.2. The molecule has 144 valence electrons. The molecule has 0 fully saturated rings. The summed E-state index contributed by atoms with van der Waals surface area (Å²) in [5.41, 5.74) is 6.17. The van der Waals surface area contributed by atoms with E-state index >= 15 is 0 Å². The highest BCUT2D eigenvalue weighted by molar-refractivity contribution is 6.42. The van der Waals surface area contributed by atoms with Crippen LogP contribution in [0.25, 0.3) is 10.9 Å². The lowest BCUT2D eigenvalue weighted by atomic mass is 10.2. The van der Waals surface area contributed by atoms with Gasteiger partial charge in [0.15, 0.2) is 0 Å². The molecule has 0 aliphatic rings. The third-order valence-electron chi connectivity index (χ3n) is 4.57. The van der Waals surface area contributed by atoms with Gasteiger partial charge in [0.05, 0.1) is 16.3 Å². The van der Waals surface area contributed by atoms with Gasteiger partial charge in [-0.15, -0.1) is 0 Å². The van der Waals surface area contributed by atoms with E-state index in [1.165, 1.54) is 11.6 Å². The van der Waals surface area contributed by atoms with Gasteiger partial charge in [0.2, 0.25) is 0 Å². The first-order valence-corrected chi connectivity index (χ1v) is 9.77. The average molecular weight is 422 g/mol. The number of carbonyl (C=O) groups excluding carboxylic acids is 1. The summed E-state index contributed by atoms with van der Waals surface area (Å²) in [5.74, 6) is -0.354. The van der Waals surface area contributed by atoms with E-state index in [2.05, 4.69) is 33.3 Å². The standard InChI is InChI=1S/C23H17Cl2N3O/c24-20-11-10-17(12-21(20)25)23(29)27-26-13-18-15-28(14-16-6-2-1-3-7-16)22-9-5-4-8-19(18)22/h1-13,15H,14H2,(H,27,29)/b26-13-. The number of benzene rings is 3. The molecule has 0 spiro atoms. The Morgan fingerprint density at radius 2 is 1.72 bits per heavy atom. The van der Waals surface area contributed by atoms with Gasteiger partial charge >= 0.3 is 0 Å². The third kappa shape index (κ3) is 4.34. The Balaban J connectivity index is 1.56. The largest absolute Gasteiger partial charge is 0.342 e. The molecule has 0 aliphatic carbocycles. The van der Waals surface area contributed by atoms with Crippen molar-refractivity contribution >= 4 is 46.2 Å². The molecule has 1 heterocycles. The second-order valence-corrected chi connectivity index (χ2v) is 7.36. The molecule has 29 heavy (non-hydrogen) atoms. The average Bonchev–Trinajstić information content (AvgIpc) is 3.08. The Bertz CT molecular complexity index is 1200. The Kier molecular flexibility index (Phi) is 5.65. The predicted molar refractivity (Wildman–Crippen MR) is 119 cm³/mol. The van der Waals surface area contributed by atoms with E-state index in [1.807, 2.05) is 42.6 Å². The van der Waals surface area contributed by atoms with Gasteiger partial charge in [-0.05, 0) is 29.8 Å². The van der Waals surface area contributed by atoms with Crippen LogP contribution in [0, 0.1) is 0 Å². The molecular weight excluding hydrogens is 405 g/mol. The lowest BCUT2D eigenvalue weighted by molar-refractivity contribution is 0.0955. The summed E-state index contributed by atoms with van der Waals surface area (Å²) in [7, 11) is 0. The zero-order chi connectivity index (χ0) is 20.2. The zero-order valence-electron chi connectivity index (χ0n) is 15.3. The summed E-state index contributed by atoms with van der Waals surface area (Å²) in [6.07, 6.45) is 3.69. The van der Waals surface area contributed by atoms with Crippen LogP contribution in [0.15, 0.2) is 84.1 Å². The maximum absolute atomic E-state index is 12.3. The van der Waals surface area contributed by atoms with Gasteiger partial charge < -0.3 is 4.57 Å². The SMILES string of the molecule is O=C(N/N=C\c1cn(Cc2ccccc2)c2ccccc12)c1ccc(Cl)c(Cl)c1. The molecule has 4 nitrogen and oxygen atoms in total. The Morgan fingerprint density at radius 3 is 2.52 bits per heavy atom. The molecule has 1 amide bonds. The minimum atomic E-state index is -0.354. The number of halogens is 2. The maximum Gasteiger partial charge on any atom is 0.271 e. The van der Waals surface area contributed by atoms with Gasteiger partial charge in [-0.2, -0.15) is 5.10 Å². The summed E-state index contributed by atoms with van der Waals surface area (Å²) < 4.78 is 2.17. The Morgan fingerprint density at radius 1 is 0.966 bits per heavy atom. The molecule has 0 atom stereocenters. The molecule has 0 aliphatic heterocycles. The van der Waals surface area contributed by atoms with Crippen molar-refractivity contribution in [3.63, 3.8) is 0 Å². The molecule has 0 saturated carbocycles. The van der Waals surface area contributed by atoms with E-state index in [4.69, 9.17) is 23.2 Å². The highest BCUT2D eigenvalue weighted by Crippen LogP contribution is 2.23. The number of rotatable bonds is 5. The number of carbonyl (C=O) groups is 1. The number of nitrogens with zero attached hydrogens (tertiary/aromatic N) is 2. The number of amides is 1. The minimum absolute atomic E-state index is 0.326. The van der Waals surface area contributed by atoms with E-state index in [0.29, 0.717) is 15.6 Å². The van der Waals surface area contributed by atoms with E-state index in [9.17, 15) is 4.79 Å².